The van der Waals surface area contributed by atoms with Crippen molar-refractivity contribution in [1.29, 1.82) is 0 Å². The summed E-state index contributed by atoms with van der Waals surface area (Å²) in [7, 11) is 0. The number of anilines is 1. The van der Waals surface area contributed by atoms with Crippen LogP contribution in [0.15, 0.2) is 30.6 Å². The molecule has 1 amide bonds. The topological polar surface area (TPSA) is 75.1 Å². The van der Waals surface area contributed by atoms with Gasteiger partial charge in [-0.15, -0.1) is 24.8 Å². The zero-order valence-electron chi connectivity index (χ0n) is 16.8. The molecule has 1 aliphatic heterocycles. The molecule has 0 aliphatic carbocycles. The van der Waals surface area contributed by atoms with Crippen LogP contribution in [0.3, 0.4) is 0 Å². The molecular formula is C19H30Cl2N6O. The minimum absolute atomic E-state index is 0. The van der Waals surface area contributed by atoms with E-state index in [4.69, 9.17) is 0 Å². The maximum Gasteiger partial charge on any atom is 0.239 e. The number of hydrogen-bond acceptors (Lipinski definition) is 5. The fourth-order valence-electron chi connectivity index (χ4n) is 3.30. The summed E-state index contributed by atoms with van der Waals surface area (Å²) in [6, 6.07) is 6.07. The van der Waals surface area contributed by atoms with Crippen LogP contribution in [0.25, 0.3) is 0 Å². The van der Waals surface area contributed by atoms with Crippen molar-refractivity contribution in [2.24, 2.45) is 0 Å². The molecule has 1 unspecified atom stereocenters. The van der Waals surface area contributed by atoms with Crippen LogP contribution in [0, 0.1) is 6.92 Å². The van der Waals surface area contributed by atoms with Gasteiger partial charge in [-0.25, -0.2) is 4.68 Å². The molecule has 3 heterocycles. The third-order valence-electron chi connectivity index (χ3n) is 4.50. The lowest BCUT2D eigenvalue weighted by Crippen LogP contribution is -2.48. The average molecular weight is 429 g/mol. The number of carbonyl (C=O) groups is 1. The number of pyridine rings is 1. The second kappa shape index (κ2) is 10.2. The van der Waals surface area contributed by atoms with Crippen molar-refractivity contribution >= 4 is 36.5 Å². The van der Waals surface area contributed by atoms with Crippen molar-refractivity contribution in [2.75, 3.05) is 31.5 Å². The van der Waals surface area contributed by atoms with Gasteiger partial charge in [0.05, 0.1) is 17.8 Å². The number of aryl methyl sites for hydroxylation is 1. The maximum atomic E-state index is 12.7. The first-order valence-electron chi connectivity index (χ1n) is 9.06. The third-order valence-corrected chi connectivity index (χ3v) is 4.50. The molecule has 0 aromatic carbocycles. The van der Waals surface area contributed by atoms with Crippen molar-refractivity contribution in [1.82, 2.24) is 25.0 Å². The zero-order chi connectivity index (χ0) is 18.7. The highest BCUT2D eigenvalue weighted by molar-refractivity contribution is 5.91. The van der Waals surface area contributed by atoms with Crippen LogP contribution in [0.5, 0.6) is 0 Å². The Balaban J connectivity index is 0.00000196. The van der Waals surface area contributed by atoms with Gasteiger partial charge < -0.3 is 10.6 Å². The van der Waals surface area contributed by atoms with Gasteiger partial charge in [-0.3, -0.25) is 14.7 Å². The molecule has 0 saturated carbocycles. The lowest BCUT2D eigenvalue weighted by atomic mass is 10.1. The van der Waals surface area contributed by atoms with E-state index in [2.05, 4.69) is 52.5 Å². The largest absolute Gasteiger partial charge is 0.314 e. The number of nitrogens with one attached hydrogen (secondary N) is 2. The van der Waals surface area contributed by atoms with Gasteiger partial charge in [0.2, 0.25) is 5.91 Å². The van der Waals surface area contributed by atoms with Gasteiger partial charge in [0, 0.05) is 44.1 Å². The molecule has 28 heavy (non-hydrogen) atoms. The Morgan fingerprint density at radius 2 is 2.11 bits per heavy atom. The summed E-state index contributed by atoms with van der Waals surface area (Å²) in [5.41, 5.74) is 1.83. The van der Waals surface area contributed by atoms with Crippen LogP contribution in [0.4, 0.5) is 5.82 Å². The van der Waals surface area contributed by atoms with Gasteiger partial charge in [0.15, 0.2) is 0 Å². The fraction of sp³-hybridized carbons (Fsp3) is 0.526. The van der Waals surface area contributed by atoms with E-state index in [1.54, 1.807) is 6.20 Å². The summed E-state index contributed by atoms with van der Waals surface area (Å²) in [5, 5.41) is 11.0. The smallest absolute Gasteiger partial charge is 0.239 e. The Hall–Kier alpha value is -1.67. The Labute approximate surface area is 179 Å². The molecule has 9 heteroatoms. The van der Waals surface area contributed by atoms with E-state index >= 15 is 0 Å². The normalized spacial score (nSPS) is 17.4. The Kier molecular flexibility index (Phi) is 8.88. The van der Waals surface area contributed by atoms with Gasteiger partial charge >= 0.3 is 0 Å². The Morgan fingerprint density at radius 1 is 1.36 bits per heavy atom. The number of carbonyl (C=O) groups excluding carboxylic acids is 1. The molecule has 1 atom stereocenters. The molecule has 1 fully saturated rings. The van der Waals surface area contributed by atoms with Crippen LogP contribution >= 0.6 is 24.8 Å². The summed E-state index contributed by atoms with van der Waals surface area (Å²) >= 11 is 0. The molecule has 1 aliphatic rings. The predicted molar refractivity (Wildman–Crippen MR) is 117 cm³/mol. The molecular weight excluding hydrogens is 399 g/mol. The maximum absolute atomic E-state index is 12.7. The van der Waals surface area contributed by atoms with Crippen LogP contribution in [-0.4, -0.2) is 51.8 Å². The number of nitrogens with zero attached hydrogens (tertiary/aromatic N) is 4. The SMILES string of the molecule is Cc1cc(NC(=O)CN2CCNCC2c2cccnc2)n(C(C)(C)C)n1.Cl.Cl. The van der Waals surface area contributed by atoms with Gasteiger partial charge in [0.25, 0.3) is 0 Å². The molecule has 156 valence electrons. The van der Waals surface area contributed by atoms with E-state index in [9.17, 15) is 4.79 Å². The number of halogens is 2. The van der Waals surface area contributed by atoms with Crippen molar-refractivity contribution in [3.63, 3.8) is 0 Å². The quantitative estimate of drug-likeness (QED) is 0.782. The monoisotopic (exact) mass is 428 g/mol. The van der Waals surface area contributed by atoms with E-state index in [1.165, 1.54) is 0 Å². The third kappa shape index (κ3) is 5.91. The molecule has 2 aromatic rings. The lowest BCUT2D eigenvalue weighted by Gasteiger charge is -2.35. The van der Waals surface area contributed by atoms with E-state index < -0.39 is 0 Å². The van der Waals surface area contributed by atoms with E-state index in [0.717, 1.165) is 36.7 Å². The van der Waals surface area contributed by atoms with Crippen molar-refractivity contribution in [3.8, 4) is 0 Å². The number of aromatic nitrogens is 3. The van der Waals surface area contributed by atoms with Gasteiger partial charge in [-0.05, 0) is 39.3 Å². The van der Waals surface area contributed by atoms with Crippen LogP contribution in [0.1, 0.15) is 38.1 Å². The fourth-order valence-corrected chi connectivity index (χ4v) is 3.30. The van der Waals surface area contributed by atoms with Gasteiger partial charge in [-0.1, -0.05) is 6.07 Å². The number of hydrogen-bond donors (Lipinski definition) is 2. The molecule has 3 rings (SSSR count). The standard InChI is InChI=1S/C19H28N6O.2ClH/c1-14-10-17(25(23-14)19(2,3)4)22-18(26)13-24-9-8-21-12-16(24)15-6-5-7-20-11-15;;/h5-7,10-11,16,21H,8-9,12-13H2,1-4H3,(H,22,26);2*1H. The highest BCUT2D eigenvalue weighted by atomic mass is 35.5. The number of rotatable bonds is 4. The molecule has 0 spiro atoms. The summed E-state index contributed by atoms with van der Waals surface area (Å²) < 4.78 is 1.87. The lowest BCUT2D eigenvalue weighted by molar-refractivity contribution is -0.118. The molecule has 7 nitrogen and oxygen atoms in total. The van der Waals surface area contributed by atoms with Crippen LogP contribution < -0.4 is 10.6 Å². The molecule has 1 saturated heterocycles. The molecule has 0 radical (unpaired) electrons. The molecule has 2 aromatic heterocycles. The first kappa shape index (κ1) is 24.4. The average Bonchev–Trinajstić information content (AvgIpc) is 2.96. The first-order valence-corrected chi connectivity index (χ1v) is 9.06. The summed E-state index contributed by atoms with van der Waals surface area (Å²) in [5.74, 6) is 0.722. The van der Waals surface area contributed by atoms with Crippen LogP contribution in [0.2, 0.25) is 0 Å². The van der Waals surface area contributed by atoms with Gasteiger partial charge in [0.1, 0.15) is 5.82 Å². The predicted octanol–water partition coefficient (Wildman–Crippen LogP) is 2.77. The second-order valence-electron chi connectivity index (χ2n) is 7.78. The van der Waals surface area contributed by atoms with E-state index in [1.807, 2.05) is 29.9 Å². The van der Waals surface area contributed by atoms with E-state index in [0.29, 0.717) is 6.54 Å². The highest BCUT2D eigenvalue weighted by Crippen LogP contribution is 2.23. The van der Waals surface area contributed by atoms with Crippen molar-refractivity contribution in [3.05, 3.63) is 41.9 Å². The minimum atomic E-state index is -0.190. The zero-order valence-corrected chi connectivity index (χ0v) is 18.4. The summed E-state index contributed by atoms with van der Waals surface area (Å²) in [6.07, 6.45) is 3.65. The van der Waals surface area contributed by atoms with Gasteiger partial charge in [-0.2, -0.15) is 5.10 Å². The Morgan fingerprint density at radius 3 is 2.75 bits per heavy atom. The molecule has 0 bridgehead atoms. The van der Waals surface area contributed by atoms with Crippen LogP contribution in [-0.2, 0) is 10.3 Å². The minimum Gasteiger partial charge on any atom is -0.314 e. The summed E-state index contributed by atoms with van der Waals surface area (Å²) in [4.78, 5) is 19.1. The number of piperazine rings is 1. The van der Waals surface area contributed by atoms with Crippen molar-refractivity contribution < 1.29 is 4.79 Å². The second-order valence-corrected chi connectivity index (χ2v) is 7.78. The number of amides is 1. The molecule has 2 N–H and O–H groups in total. The van der Waals surface area contributed by atoms with Crippen molar-refractivity contribution in [2.45, 2.75) is 39.3 Å². The first-order chi connectivity index (χ1) is 12.3. The van der Waals surface area contributed by atoms with E-state index in [-0.39, 0.29) is 42.3 Å². The Bertz CT molecular complexity index is 760. The highest BCUT2D eigenvalue weighted by Gasteiger charge is 2.26. The summed E-state index contributed by atoms with van der Waals surface area (Å²) in [6.45, 7) is 11.0.